The Balaban J connectivity index is 0.000000476. The molecule has 0 spiro atoms. The van der Waals surface area contributed by atoms with Crippen LogP contribution in [0.5, 0.6) is 0 Å². The largest absolute Gasteiger partial charge is 0.490 e. The molecule has 0 atom stereocenters. The monoisotopic (exact) mass is 761 g/mol. The lowest BCUT2D eigenvalue weighted by molar-refractivity contribution is -0.193. The zero-order chi connectivity index (χ0) is 40.2. The number of carboxylic acids is 2. The molecule has 1 aliphatic carbocycles. The third kappa shape index (κ3) is 12.0. The summed E-state index contributed by atoms with van der Waals surface area (Å²) in [7, 11) is 0. The van der Waals surface area contributed by atoms with Crippen LogP contribution in [-0.4, -0.2) is 52.9 Å². The maximum atomic E-state index is 13.3. The van der Waals surface area contributed by atoms with E-state index in [9.17, 15) is 35.9 Å². The van der Waals surface area contributed by atoms with Crippen LogP contribution in [0.4, 0.5) is 43.4 Å². The van der Waals surface area contributed by atoms with E-state index >= 15 is 0 Å². The Kier molecular flexibility index (Phi) is 14.1. The number of nitrogens with one attached hydrogen (secondary N) is 3. The van der Waals surface area contributed by atoms with Gasteiger partial charge in [-0.25, -0.2) is 9.59 Å². The van der Waals surface area contributed by atoms with Crippen molar-refractivity contribution in [3.63, 3.8) is 0 Å². The SMILES string of the molecule is N=c1ccc2c(-c3ccccc3C(=O)NCCCCCC(=O)Nc3ccccc3N)c3ccc(N)cc3oc-2c1.O=C(O)C(F)(F)F.O=C(O)C(F)(F)F. The minimum Gasteiger partial charge on any atom is -0.475 e. The van der Waals surface area contributed by atoms with E-state index in [2.05, 4.69) is 10.6 Å². The highest BCUT2D eigenvalue weighted by atomic mass is 19.4. The summed E-state index contributed by atoms with van der Waals surface area (Å²) < 4.78 is 69.6. The predicted molar refractivity (Wildman–Crippen MR) is 186 cm³/mol. The topological polar surface area (TPSA) is 222 Å². The summed E-state index contributed by atoms with van der Waals surface area (Å²) in [6.07, 6.45) is -7.53. The number of nitrogen functional groups attached to an aromatic ring is 2. The van der Waals surface area contributed by atoms with Gasteiger partial charge in [-0.2, -0.15) is 26.3 Å². The van der Waals surface area contributed by atoms with Crippen LogP contribution in [0.25, 0.3) is 33.4 Å². The molecule has 0 fully saturated rings. The zero-order valence-corrected chi connectivity index (χ0v) is 28.0. The highest BCUT2D eigenvalue weighted by Gasteiger charge is 2.39. The van der Waals surface area contributed by atoms with Crippen LogP contribution in [0.15, 0.2) is 89.3 Å². The molecule has 3 aromatic rings. The Morgan fingerprint density at radius 3 is 1.98 bits per heavy atom. The van der Waals surface area contributed by atoms with Gasteiger partial charge in [0.05, 0.1) is 16.7 Å². The van der Waals surface area contributed by atoms with Crippen molar-refractivity contribution >= 4 is 51.8 Å². The lowest BCUT2D eigenvalue weighted by atomic mass is 9.90. The number of benzene rings is 4. The van der Waals surface area contributed by atoms with Gasteiger partial charge in [0.25, 0.3) is 5.91 Å². The van der Waals surface area contributed by atoms with Crippen molar-refractivity contribution in [3.05, 3.63) is 95.8 Å². The average molecular weight is 762 g/mol. The summed E-state index contributed by atoms with van der Waals surface area (Å²) in [6, 6.07) is 25.3. The molecule has 9 N–H and O–H groups in total. The van der Waals surface area contributed by atoms with Crippen LogP contribution in [0.1, 0.15) is 36.0 Å². The van der Waals surface area contributed by atoms with Gasteiger partial charge in [0.2, 0.25) is 5.91 Å². The van der Waals surface area contributed by atoms with Gasteiger partial charge in [-0.15, -0.1) is 0 Å². The van der Waals surface area contributed by atoms with Crippen molar-refractivity contribution in [2.45, 2.75) is 38.0 Å². The molecule has 2 amide bonds. The molecule has 0 saturated carbocycles. The summed E-state index contributed by atoms with van der Waals surface area (Å²) in [5.41, 5.74) is 17.2. The van der Waals surface area contributed by atoms with E-state index in [1.54, 1.807) is 30.3 Å². The van der Waals surface area contributed by atoms with Crippen molar-refractivity contribution in [2.75, 3.05) is 23.3 Å². The molecule has 3 aromatic carbocycles. The summed E-state index contributed by atoms with van der Waals surface area (Å²) in [5.74, 6) is -5.22. The fraction of sp³-hybridized carbons (Fsp3) is 0.194. The minimum absolute atomic E-state index is 0.0794. The summed E-state index contributed by atoms with van der Waals surface area (Å²) >= 11 is 0. The van der Waals surface area contributed by atoms with Crippen molar-refractivity contribution in [1.82, 2.24) is 5.32 Å². The molecule has 1 aliphatic heterocycles. The average Bonchev–Trinajstić information content (AvgIpc) is 3.09. The molecule has 2 aliphatic rings. The Morgan fingerprint density at radius 1 is 0.741 bits per heavy atom. The van der Waals surface area contributed by atoms with Gasteiger partial charge < -0.3 is 42.1 Å². The third-order valence-electron chi connectivity index (χ3n) is 7.27. The Morgan fingerprint density at radius 2 is 1.35 bits per heavy atom. The number of hydrogen-bond donors (Lipinski definition) is 7. The molecule has 1 heterocycles. The number of carboxylic acid groups (broad SMARTS) is 2. The van der Waals surface area contributed by atoms with E-state index in [1.165, 1.54) is 0 Å². The van der Waals surface area contributed by atoms with Crippen molar-refractivity contribution in [2.24, 2.45) is 0 Å². The molecule has 0 unspecified atom stereocenters. The zero-order valence-electron chi connectivity index (χ0n) is 28.0. The summed E-state index contributed by atoms with van der Waals surface area (Å²) in [5, 5.41) is 29.3. The fourth-order valence-corrected chi connectivity index (χ4v) is 4.80. The summed E-state index contributed by atoms with van der Waals surface area (Å²) in [6.45, 7) is 0.491. The van der Waals surface area contributed by atoms with Gasteiger partial charge in [0.1, 0.15) is 11.3 Å². The number of rotatable bonds is 9. The second-order valence-electron chi connectivity index (χ2n) is 11.3. The maximum Gasteiger partial charge on any atom is 0.490 e. The number of nitrogens with two attached hydrogens (primary N) is 2. The van der Waals surface area contributed by atoms with Crippen LogP contribution in [-0.2, 0) is 14.4 Å². The van der Waals surface area contributed by atoms with E-state index in [-0.39, 0.29) is 11.8 Å². The van der Waals surface area contributed by atoms with Gasteiger partial charge in [0.15, 0.2) is 0 Å². The normalized spacial score (nSPS) is 11.1. The van der Waals surface area contributed by atoms with E-state index < -0.39 is 24.3 Å². The number of aliphatic carboxylic acids is 2. The molecule has 0 saturated heterocycles. The standard InChI is InChI=1S/C32H31N5O3.2C2HF3O2/c33-20-13-15-24-28(18-20)40-29-19-21(34)14-16-25(29)31(24)22-8-3-4-9-23(22)32(39)36-17-7-1-2-12-30(38)37-27-11-6-5-10-26(27)35;2*3-2(4,5)1(6)7/h3-6,8-11,13-16,18-19,33H,1-2,7,12,17,34-35H2,(H,36,39)(H,37,38);2*(H,6,7). The van der Waals surface area contributed by atoms with Gasteiger partial charge in [0, 0.05) is 52.9 Å². The van der Waals surface area contributed by atoms with Crippen molar-refractivity contribution in [1.29, 1.82) is 5.41 Å². The van der Waals surface area contributed by atoms with Crippen LogP contribution >= 0.6 is 0 Å². The van der Waals surface area contributed by atoms with E-state index in [0.29, 0.717) is 58.7 Å². The first-order valence-corrected chi connectivity index (χ1v) is 15.7. The first-order valence-electron chi connectivity index (χ1n) is 15.7. The number of para-hydroxylation sites is 2. The van der Waals surface area contributed by atoms with Gasteiger partial charge in [-0.1, -0.05) is 36.8 Å². The molecule has 286 valence electrons. The first-order chi connectivity index (χ1) is 25.3. The second kappa shape index (κ2) is 18.3. The number of carbonyl (C=O) groups excluding carboxylic acids is 2. The maximum absolute atomic E-state index is 13.3. The smallest absolute Gasteiger partial charge is 0.475 e. The predicted octanol–water partition coefficient (Wildman–Crippen LogP) is 7.04. The molecule has 0 aromatic heterocycles. The van der Waals surface area contributed by atoms with E-state index in [1.807, 2.05) is 54.6 Å². The van der Waals surface area contributed by atoms with Gasteiger partial charge >= 0.3 is 24.3 Å². The lowest BCUT2D eigenvalue weighted by Gasteiger charge is -2.18. The number of alkyl halides is 6. The summed E-state index contributed by atoms with van der Waals surface area (Å²) in [4.78, 5) is 43.4. The number of anilines is 3. The lowest BCUT2D eigenvalue weighted by Crippen LogP contribution is -2.25. The van der Waals surface area contributed by atoms with Crippen LogP contribution in [0, 0.1) is 5.41 Å². The van der Waals surface area contributed by atoms with Crippen molar-refractivity contribution in [3.8, 4) is 22.5 Å². The van der Waals surface area contributed by atoms with E-state index in [0.717, 1.165) is 34.9 Å². The van der Waals surface area contributed by atoms with Gasteiger partial charge in [-0.3, -0.25) is 9.59 Å². The molecule has 18 heteroatoms. The number of unbranched alkanes of at least 4 members (excludes halogenated alkanes) is 2. The molecule has 0 bridgehead atoms. The fourth-order valence-electron chi connectivity index (χ4n) is 4.80. The highest BCUT2D eigenvalue weighted by molar-refractivity contribution is 6.09. The van der Waals surface area contributed by atoms with Gasteiger partial charge in [-0.05, 0) is 60.9 Å². The highest BCUT2D eigenvalue weighted by Crippen LogP contribution is 2.41. The molecule has 54 heavy (non-hydrogen) atoms. The number of amides is 2. The molecular weight excluding hydrogens is 728 g/mol. The number of carbonyl (C=O) groups is 4. The number of halogens is 6. The van der Waals surface area contributed by atoms with Crippen LogP contribution in [0.3, 0.4) is 0 Å². The van der Waals surface area contributed by atoms with E-state index in [4.69, 9.17) is 41.1 Å². The first kappa shape index (κ1) is 41.8. The quantitative estimate of drug-likeness (QED) is 0.0354. The number of hydrogen-bond acceptors (Lipinski definition) is 8. The van der Waals surface area contributed by atoms with Crippen LogP contribution < -0.4 is 27.5 Å². The number of fused-ring (bicyclic) bond motifs is 2. The van der Waals surface area contributed by atoms with Crippen LogP contribution in [0.2, 0.25) is 0 Å². The molecule has 12 nitrogen and oxygen atoms in total. The second-order valence-corrected chi connectivity index (χ2v) is 11.3. The minimum atomic E-state index is -5.08. The Labute approximate surface area is 302 Å². The third-order valence-corrected chi connectivity index (χ3v) is 7.27. The molecular formula is C36H33F6N5O7. The van der Waals surface area contributed by atoms with Crippen molar-refractivity contribution < 1.29 is 60.2 Å². The Bertz CT molecular complexity index is 2130. The molecule has 5 rings (SSSR count). The molecule has 0 radical (unpaired) electrons. The Hall–Kier alpha value is -6.59.